The van der Waals surface area contributed by atoms with Crippen molar-refractivity contribution in [1.29, 1.82) is 0 Å². The number of rotatable bonds is 0. The zero-order valence-corrected chi connectivity index (χ0v) is 4.08. The minimum Gasteiger partial charge on any atom is -1.00 e. The smallest absolute Gasteiger partial charge is 1.00 e. The van der Waals surface area contributed by atoms with Crippen LogP contribution in [0.2, 0.25) is 0 Å². The quantitative estimate of drug-likeness (QED) is 0.252. The minimum atomic E-state index is -1.61. The van der Waals surface area contributed by atoms with Crippen molar-refractivity contribution in [2.75, 3.05) is 6.26 Å². The third-order valence-corrected chi connectivity index (χ3v) is 0. The maximum Gasteiger partial charge on any atom is 1.00 e. The Kier molecular flexibility index (Phi) is 8.66. The monoisotopic (exact) mass is 88.0 g/mol. The summed E-state index contributed by atoms with van der Waals surface area (Å²) in [5.74, 6) is 0. The molecule has 1 atom stereocenters. The van der Waals surface area contributed by atoms with Crippen LogP contribution < -0.4 is 18.9 Å². The average molecular weight is 88.1 g/mol. The molecule has 5 heavy (non-hydrogen) atoms. The second kappa shape index (κ2) is 4.71. The molecular weight excluding hydrogens is 83.0 g/mol. The molecule has 0 saturated heterocycles. The SMILES string of the molecule is CS(=O)O.[H-].[Li+]. The molecule has 0 fully saturated rings. The van der Waals surface area contributed by atoms with E-state index in [2.05, 4.69) is 0 Å². The summed E-state index contributed by atoms with van der Waals surface area (Å²) in [5, 5.41) is 0. The molecule has 0 rings (SSSR count). The first-order chi connectivity index (χ1) is 1.73. The average Bonchev–Trinajstić information content (AvgIpc) is 0.811. The summed E-state index contributed by atoms with van der Waals surface area (Å²) in [7, 11) is 0. The molecule has 0 spiro atoms. The molecule has 0 aliphatic heterocycles. The van der Waals surface area contributed by atoms with Gasteiger partial charge in [-0.2, -0.15) is 0 Å². The Balaban J connectivity index is -0.0000000450. The standard InChI is InChI=1S/CH4O2S.Li.H/c1-4(2)3;;/h1H3,(H,2,3);;/q;+1;-1. The van der Waals surface area contributed by atoms with E-state index in [-0.39, 0.29) is 20.3 Å². The molecule has 28 valence electrons. The van der Waals surface area contributed by atoms with E-state index in [1.165, 1.54) is 6.26 Å². The van der Waals surface area contributed by atoms with Crippen molar-refractivity contribution >= 4 is 11.1 Å². The van der Waals surface area contributed by atoms with Gasteiger partial charge < -0.3 is 5.98 Å². The van der Waals surface area contributed by atoms with Gasteiger partial charge in [0.05, 0.1) is 0 Å². The Morgan fingerprint density at radius 1 is 2.00 bits per heavy atom. The van der Waals surface area contributed by atoms with Crippen LogP contribution in [0.3, 0.4) is 0 Å². The van der Waals surface area contributed by atoms with Crippen LogP contribution in [0.5, 0.6) is 0 Å². The second-order valence-corrected chi connectivity index (χ2v) is 1.27. The van der Waals surface area contributed by atoms with E-state index in [0.29, 0.717) is 0 Å². The van der Waals surface area contributed by atoms with Gasteiger partial charge >= 0.3 is 18.9 Å². The third kappa shape index (κ3) is 69.0. The largest absolute Gasteiger partial charge is 1.00 e. The van der Waals surface area contributed by atoms with E-state index in [9.17, 15) is 0 Å². The summed E-state index contributed by atoms with van der Waals surface area (Å²) >= 11 is -1.61. The van der Waals surface area contributed by atoms with Crippen molar-refractivity contribution < 1.29 is 29.0 Å². The summed E-state index contributed by atoms with van der Waals surface area (Å²) in [6.07, 6.45) is 1.19. The van der Waals surface area contributed by atoms with Crippen LogP contribution in [0.25, 0.3) is 0 Å². The third-order valence-electron chi connectivity index (χ3n) is 0. The van der Waals surface area contributed by atoms with Crippen molar-refractivity contribution in [2.24, 2.45) is 0 Å². The van der Waals surface area contributed by atoms with Crippen molar-refractivity contribution in [1.82, 2.24) is 0 Å². The summed E-state index contributed by atoms with van der Waals surface area (Å²) in [6.45, 7) is 0. The van der Waals surface area contributed by atoms with Gasteiger partial charge in [-0.25, -0.2) is 4.21 Å². The molecule has 0 aromatic heterocycles. The van der Waals surface area contributed by atoms with Crippen LogP contribution in [0.15, 0.2) is 0 Å². The predicted molar refractivity (Wildman–Crippen MR) is 17.8 cm³/mol. The summed E-state index contributed by atoms with van der Waals surface area (Å²) in [5.41, 5.74) is 0. The maximum absolute atomic E-state index is 9.11. The normalized spacial score (nSPS) is 12.4. The van der Waals surface area contributed by atoms with Crippen LogP contribution in [-0.2, 0) is 11.1 Å². The maximum atomic E-state index is 9.11. The van der Waals surface area contributed by atoms with E-state index in [0.717, 1.165) is 0 Å². The molecule has 2 nitrogen and oxygen atoms in total. The van der Waals surface area contributed by atoms with Crippen molar-refractivity contribution in [3.05, 3.63) is 0 Å². The Labute approximate surface area is 46.9 Å². The van der Waals surface area contributed by atoms with Crippen molar-refractivity contribution in [3.63, 3.8) is 0 Å². The molecule has 0 bridgehead atoms. The summed E-state index contributed by atoms with van der Waals surface area (Å²) in [6, 6.07) is 0. The Morgan fingerprint density at radius 3 is 2.00 bits per heavy atom. The van der Waals surface area contributed by atoms with E-state index >= 15 is 0 Å². The van der Waals surface area contributed by atoms with Gasteiger partial charge in [-0.3, -0.25) is 0 Å². The molecule has 0 amide bonds. The fraction of sp³-hybridized carbons (Fsp3) is 1.00. The summed E-state index contributed by atoms with van der Waals surface area (Å²) < 4.78 is 16.6. The van der Waals surface area contributed by atoms with E-state index in [4.69, 9.17) is 8.76 Å². The van der Waals surface area contributed by atoms with E-state index in [1.807, 2.05) is 0 Å². The molecule has 0 aromatic rings. The van der Waals surface area contributed by atoms with Gasteiger partial charge in [-0.05, 0) is 0 Å². The molecule has 1 N–H and O–H groups in total. The van der Waals surface area contributed by atoms with Crippen LogP contribution in [0.4, 0.5) is 0 Å². The van der Waals surface area contributed by atoms with Gasteiger partial charge in [0.1, 0.15) is 11.1 Å². The zero-order valence-electron chi connectivity index (χ0n) is 4.26. The Morgan fingerprint density at radius 2 is 2.00 bits per heavy atom. The van der Waals surface area contributed by atoms with Crippen LogP contribution in [-0.4, -0.2) is 15.0 Å². The molecule has 0 aliphatic carbocycles. The van der Waals surface area contributed by atoms with Crippen LogP contribution in [0.1, 0.15) is 1.43 Å². The zero-order chi connectivity index (χ0) is 3.58. The fourth-order valence-electron chi connectivity index (χ4n) is 0. The Hall–Kier alpha value is 0.707. The first-order valence-corrected chi connectivity index (χ1v) is 2.27. The summed E-state index contributed by atoms with van der Waals surface area (Å²) in [4.78, 5) is 0. The molecule has 0 saturated carbocycles. The van der Waals surface area contributed by atoms with E-state index < -0.39 is 11.1 Å². The van der Waals surface area contributed by atoms with Crippen molar-refractivity contribution in [3.8, 4) is 0 Å². The second-order valence-electron chi connectivity index (χ2n) is 0.424. The predicted octanol–water partition coefficient (Wildman–Crippen LogP) is -3.05. The fourth-order valence-corrected chi connectivity index (χ4v) is 0. The van der Waals surface area contributed by atoms with Gasteiger partial charge in [-0.15, -0.1) is 0 Å². The number of hydrogen-bond acceptors (Lipinski definition) is 1. The van der Waals surface area contributed by atoms with Gasteiger partial charge in [0.15, 0.2) is 0 Å². The Bertz CT molecular complexity index is 36.5. The molecule has 4 heteroatoms. The van der Waals surface area contributed by atoms with Gasteiger partial charge in [-0.1, -0.05) is 0 Å². The molecule has 0 aromatic carbocycles. The molecule has 0 heterocycles. The van der Waals surface area contributed by atoms with Gasteiger partial charge in [0.25, 0.3) is 0 Å². The van der Waals surface area contributed by atoms with Crippen molar-refractivity contribution in [2.45, 2.75) is 0 Å². The van der Waals surface area contributed by atoms with E-state index in [1.54, 1.807) is 0 Å². The minimum absolute atomic E-state index is 0. The molecular formula is CH5LiO2S. The van der Waals surface area contributed by atoms with Crippen LogP contribution in [0, 0.1) is 0 Å². The molecule has 0 aliphatic rings. The number of hydrogen-bond donors (Lipinski definition) is 1. The molecule has 0 radical (unpaired) electrons. The molecule has 1 unspecified atom stereocenters. The first kappa shape index (κ1) is 9.20. The van der Waals surface area contributed by atoms with Gasteiger partial charge in [0.2, 0.25) is 0 Å². The first-order valence-electron chi connectivity index (χ1n) is 0.757. The van der Waals surface area contributed by atoms with Crippen LogP contribution >= 0.6 is 0 Å². The van der Waals surface area contributed by atoms with Gasteiger partial charge in [0, 0.05) is 6.26 Å². The topological polar surface area (TPSA) is 37.3 Å².